The van der Waals surface area contributed by atoms with E-state index in [1.54, 1.807) is 6.07 Å². The van der Waals surface area contributed by atoms with Gasteiger partial charge in [0.1, 0.15) is 5.82 Å². The molecule has 0 spiro atoms. The smallest absolute Gasteiger partial charge is 0.302 e. The van der Waals surface area contributed by atoms with Gasteiger partial charge in [0.05, 0.1) is 5.56 Å². The maximum atomic E-state index is 12.4. The lowest BCUT2D eigenvalue weighted by Crippen LogP contribution is -2.04. The molecule has 0 aliphatic heterocycles. The van der Waals surface area contributed by atoms with Crippen LogP contribution in [0.25, 0.3) is 11.1 Å². The Labute approximate surface area is 107 Å². The average molecular weight is 265 g/mol. The molecule has 6 heteroatoms. The van der Waals surface area contributed by atoms with E-state index in [9.17, 15) is 18.0 Å². The first-order chi connectivity index (χ1) is 9.00. The van der Waals surface area contributed by atoms with Crippen molar-refractivity contribution in [2.75, 3.05) is 5.32 Å². The zero-order valence-electron chi connectivity index (χ0n) is 9.53. The summed E-state index contributed by atoms with van der Waals surface area (Å²) in [5.41, 5.74) is 0.574. The number of carbonyl (C=O) groups excluding carboxylic acids is 1. The summed E-state index contributed by atoms with van der Waals surface area (Å²) in [7, 11) is 0. The van der Waals surface area contributed by atoms with Crippen molar-refractivity contribution in [3.05, 3.63) is 48.2 Å². The lowest BCUT2D eigenvalue weighted by molar-refractivity contribution is -0.137. The van der Waals surface area contributed by atoms with Crippen LogP contribution in [0.2, 0.25) is 0 Å². The average Bonchev–Trinajstić information content (AvgIpc) is 2.39. The molecule has 0 bridgehead atoms. The molecule has 0 aliphatic rings. The maximum Gasteiger partial charge on any atom is 0.416 e. The SMILES string of the molecule is O=[C]Nc1ccc(-c2ccc(C(F)(F)F)cc2)cn1. The highest BCUT2D eigenvalue weighted by Gasteiger charge is 2.29. The molecule has 1 radical (unpaired) electrons. The van der Waals surface area contributed by atoms with Crippen molar-refractivity contribution in [3.8, 4) is 11.1 Å². The first-order valence-electron chi connectivity index (χ1n) is 5.27. The summed E-state index contributed by atoms with van der Waals surface area (Å²) in [6.07, 6.45) is -1.40. The van der Waals surface area contributed by atoms with Gasteiger partial charge in [-0.1, -0.05) is 12.1 Å². The number of pyridine rings is 1. The van der Waals surface area contributed by atoms with E-state index < -0.39 is 11.7 Å². The Hall–Kier alpha value is -2.37. The summed E-state index contributed by atoms with van der Waals surface area (Å²) >= 11 is 0. The van der Waals surface area contributed by atoms with Crippen LogP contribution in [-0.4, -0.2) is 11.4 Å². The Morgan fingerprint density at radius 3 is 2.11 bits per heavy atom. The Kier molecular flexibility index (Phi) is 3.50. The minimum Gasteiger partial charge on any atom is -0.302 e. The zero-order chi connectivity index (χ0) is 13.9. The molecule has 97 valence electrons. The predicted molar refractivity (Wildman–Crippen MR) is 64.0 cm³/mol. The number of anilines is 1. The number of hydrogen-bond acceptors (Lipinski definition) is 2. The van der Waals surface area contributed by atoms with Gasteiger partial charge < -0.3 is 5.32 Å². The van der Waals surface area contributed by atoms with E-state index in [-0.39, 0.29) is 0 Å². The normalized spacial score (nSPS) is 11.1. The number of rotatable bonds is 3. The highest BCUT2D eigenvalue weighted by atomic mass is 19.4. The van der Waals surface area contributed by atoms with Crippen LogP contribution < -0.4 is 5.32 Å². The molecule has 1 heterocycles. The van der Waals surface area contributed by atoms with E-state index in [1.165, 1.54) is 30.8 Å². The van der Waals surface area contributed by atoms with E-state index in [0.29, 0.717) is 16.9 Å². The molecule has 0 atom stereocenters. The van der Waals surface area contributed by atoms with Crippen LogP contribution in [0, 0.1) is 0 Å². The number of alkyl halides is 3. The fraction of sp³-hybridized carbons (Fsp3) is 0.0769. The second-order valence-electron chi connectivity index (χ2n) is 3.73. The van der Waals surface area contributed by atoms with Gasteiger partial charge in [-0.3, -0.25) is 4.79 Å². The molecule has 2 rings (SSSR count). The van der Waals surface area contributed by atoms with Crippen LogP contribution in [0.15, 0.2) is 42.6 Å². The lowest BCUT2D eigenvalue weighted by Gasteiger charge is -2.07. The number of hydrogen-bond donors (Lipinski definition) is 1. The Balaban J connectivity index is 2.24. The quantitative estimate of drug-likeness (QED) is 0.865. The predicted octanol–water partition coefficient (Wildman–Crippen LogP) is 3.25. The van der Waals surface area contributed by atoms with E-state index in [4.69, 9.17) is 0 Å². The van der Waals surface area contributed by atoms with Gasteiger partial charge in [0.25, 0.3) is 0 Å². The van der Waals surface area contributed by atoms with Gasteiger partial charge in [-0.2, -0.15) is 13.2 Å². The second-order valence-corrected chi connectivity index (χ2v) is 3.73. The number of aromatic nitrogens is 1. The molecule has 1 N–H and O–H groups in total. The van der Waals surface area contributed by atoms with Gasteiger partial charge in [0.2, 0.25) is 0 Å². The largest absolute Gasteiger partial charge is 0.416 e. The molecule has 0 aliphatic carbocycles. The van der Waals surface area contributed by atoms with Crippen LogP contribution in [-0.2, 0) is 11.0 Å². The third-order valence-electron chi connectivity index (χ3n) is 2.49. The Morgan fingerprint density at radius 2 is 1.63 bits per heavy atom. The summed E-state index contributed by atoms with van der Waals surface area (Å²) in [6.45, 7) is 0. The van der Waals surface area contributed by atoms with Crippen molar-refractivity contribution in [2.24, 2.45) is 0 Å². The van der Waals surface area contributed by atoms with Gasteiger partial charge in [-0.15, -0.1) is 0 Å². The molecule has 19 heavy (non-hydrogen) atoms. The molecule has 0 fully saturated rings. The van der Waals surface area contributed by atoms with Gasteiger partial charge in [-0.25, -0.2) is 4.98 Å². The molecular weight excluding hydrogens is 257 g/mol. The third kappa shape index (κ3) is 3.09. The van der Waals surface area contributed by atoms with Crippen LogP contribution in [0.1, 0.15) is 5.56 Å². The van der Waals surface area contributed by atoms with Gasteiger partial charge in [-0.05, 0) is 29.8 Å². The van der Waals surface area contributed by atoms with Gasteiger partial charge in [0, 0.05) is 11.8 Å². The molecule has 1 aromatic carbocycles. The van der Waals surface area contributed by atoms with Gasteiger partial charge >= 0.3 is 12.6 Å². The molecule has 1 aromatic heterocycles. The summed E-state index contributed by atoms with van der Waals surface area (Å²) in [4.78, 5) is 14.0. The minimum absolute atomic E-state index is 0.325. The monoisotopic (exact) mass is 265 g/mol. The van der Waals surface area contributed by atoms with Crippen molar-refractivity contribution >= 4 is 12.2 Å². The Bertz CT molecular complexity index is 562. The topological polar surface area (TPSA) is 42.0 Å². The summed E-state index contributed by atoms with van der Waals surface area (Å²) < 4.78 is 37.2. The van der Waals surface area contributed by atoms with E-state index in [2.05, 4.69) is 10.3 Å². The number of nitrogens with one attached hydrogen (secondary N) is 1. The van der Waals surface area contributed by atoms with Crippen molar-refractivity contribution < 1.29 is 18.0 Å². The second kappa shape index (κ2) is 5.09. The van der Waals surface area contributed by atoms with Crippen LogP contribution in [0.5, 0.6) is 0 Å². The van der Waals surface area contributed by atoms with E-state index >= 15 is 0 Å². The van der Waals surface area contributed by atoms with Gasteiger partial charge in [0.15, 0.2) is 0 Å². The third-order valence-corrected chi connectivity index (χ3v) is 2.49. The van der Waals surface area contributed by atoms with Crippen molar-refractivity contribution in [1.29, 1.82) is 0 Å². The van der Waals surface area contributed by atoms with E-state index in [0.717, 1.165) is 12.1 Å². The van der Waals surface area contributed by atoms with Crippen molar-refractivity contribution in [3.63, 3.8) is 0 Å². The standard InChI is InChI=1S/C13H8F3N2O/c14-13(15,16)11-4-1-9(2-5-11)10-3-6-12(17-7-10)18-8-19/h1-7H,(H,17,18,19). The van der Waals surface area contributed by atoms with Crippen molar-refractivity contribution in [1.82, 2.24) is 4.98 Å². The molecule has 3 nitrogen and oxygen atoms in total. The Morgan fingerprint density at radius 1 is 1.00 bits per heavy atom. The number of amides is 1. The van der Waals surface area contributed by atoms with E-state index in [1.807, 2.05) is 0 Å². The maximum absolute atomic E-state index is 12.4. The summed E-state index contributed by atoms with van der Waals surface area (Å²) in [6, 6.07) is 7.96. The fourth-order valence-electron chi connectivity index (χ4n) is 1.54. The number of halogens is 3. The highest BCUT2D eigenvalue weighted by Crippen LogP contribution is 2.30. The number of nitrogens with zero attached hydrogens (tertiary/aromatic N) is 1. The van der Waals surface area contributed by atoms with Crippen molar-refractivity contribution in [2.45, 2.75) is 6.18 Å². The minimum atomic E-state index is -4.34. The lowest BCUT2D eigenvalue weighted by atomic mass is 10.1. The molecule has 1 amide bonds. The number of benzene rings is 1. The zero-order valence-corrected chi connectivity index (χ0v) is 9.53. The first kappa shape index (κ1) is 13.1. The summed E-state index contributed by atoms with van der Waals surface area (Å²) in [5.74, 6) is 0.325. The van der Waals surface area contributed by atoms with Crippen LogP contribution in [0.4, 0.5) is 19.0 Å². The molecule has 0 saturated carbocycles. The molecule has 0 saturated heterocycles. The van der Waals surface area contributed by atoms with Crippen LogP contribution in [0.3, 0.4) is 0 Å². The first-order valence-corrected chi connectivity index (χ1v) is 5.27. The molecule has 0 unspecified atom stereocenters. The summed E-state index contributed by atoms with van der Waals surface area (Å²) in [5, 5.41) is 2.25. The fourth-order valence-corrected chi connectivity index (χ4v) is 1.54. The van der Waals surface area contributed by atoms with Crippen LogP contribution >= 0.6 is 0 Å². The highest BCUT2D eigenvalue weighted by molar-refractivity contribution is 5.71. The molecule has 2 aromatic rings. The molecular formula is C13H8F3N2O.